The second-order valence-corrected chi connectivity index (χ2v) is 1.98. The molecule has 0 fully saturated rings. The zero-order valence-corrected chi connectivity index (χ0v) is 5.68. The molecule has 0 aromatic rings. The summed E-state index contributed by atoms with van der Waals surface area (Å²) in [6, 6.07) is 0. The maximum atomic E-state index is 10.3. The first-order valence-corrected chi connectivity index (χ1v) is 2.60. The van der Waals surface area contributed by atoms with Crippen molar-refractivity contribution in [1.29, 1.82) is 0 Å². The third-order valence-corrected chi connectivity index (χ3v) is 0.769. The number of rotatable bonds is 2. The predicted octanol–water partition coefficient (Wildman–Crippen LogP) is 0.410. The Bertz CT molecular complexity index is 129. The fourth-order valence-electron chi connectivity index (χ4n) is 0.351. The molecule has 0 saturated heterocycles. The van der Waals surface area contributed by atoms with Gasteiger partial charge in [-0.15, -0.1) is 0 Å². The molecule has 0 bridgehead atoms. The topological polar surface area (TPSA) is 52.3 Å². The number of hydrogen-bond acceptors (Lipinski definition) is 3. The lowest BCUT2D eigenvalue weighted by Crippen LogP contribution is -2.38. The van der Waals surface area contributed by atoms with Gasteiger partial charge in [0.25, 0.3) is 0 Å². The van der Waals surface area contributed by atoms with Crippen molar-refractivity contribution < 1.29 is 9.53 Å². The van der Waals surface area contributed by atoms with Crippen LogP contribution in [0.25, 0.3) is 0 Å². The lowest BCUT2D eigenvalue weighted by molar-refractivity contribution is -0.150. The van der Waals surface area contributed by atoms with Crippen LogP contribution in [0.5, 0.6) is 0 Å². The Labute approximate surface area is 54.5 Å². The highest BCUT2D eigenvalue weighted by atomic mass is 16.6. The number of ether oxygens (including phenoxy) is 1. The van der Waals surface area contributed by atoms with Gasteiger partial charge in [0.05, 0.1) is 0 Å². The van der Waals surface area contributed by atoms with Crippen LogP contribution in [0.3, 0.4) is 0 Å². The van der Waals surface area contributed by atoms with Gasteiger partial charge in [0, 0.05) is 6.92 Å². The molecule has 0 aromatic heterocycles. The van der Waals surface area contributed by atoms with Crippen molar-refractivity contribution in [2.45, 2.75) is 19.6 Å². The van der Waals surface area contributed by atoms with E-state index in [0.29, 0.717) is 0 Å². The molecule has 0 aliphatic carbocycles. The fourth-order valence-corrected chi connectivity index (χ4v) is 0.351. The van der Waals surface area contributed by atoms with Gasteiger partial charge in [0.15, 0.2) is 5.72 Å². The van der Waals surface area contributed by atoms with Crippen molar-refractivity contribution in [1.82, 2.24) is 0 Å². The molecule has 0 rings (SSSR count). The van der Waals surface area contributed by atoms with Crippen molar-refractivity contribution in [2.75, 3.05) is 0 Å². The average molecular weight is 129 g/mol. The molecule has 0 spiro atoms. The minimum atomic E-state index is -1.02. The van der Waals surface area contributed by atoms with Gasteiger partial charge in [0.2, 0.25) is 0 Å². The van der Waals surface area contributed by atoms with Crippen LogP contribution in [-0.4, -0.2) is 11.7 Å². The van der Waals surface area contributed by atoms with Crippen LogP contribution < -0.4 is 5.73 Å². The number of hydrogen-bond donors (Lipinski definition) is 1. The van der Waals surface area contributed by atoms with Gasteiger partial charge in [-0.25, -0.2) is 0 Å². The number of carbonyl (C=O) groups is 1. The van der Waals surface area contributed by atoms with E-state index in [4.69, 9.17) is 5.73 Å². The third-order valence-electron chi connectivity index (χ3n) is 0.769. The molecule has 2 N–H and O–H groups in total. The number of esters is 1. The van der Waals surface area contributed by atoms with E-state index in [1.165, 1.54) is 13.0 Å². The zero-order valence-electron chi connectivity index (χ0n) is 5.68. The van der Waals surface area contributed by atoms with E-state index in [-0.39, 0.29) is 0 Å². The smallest absolute Gasteiger partial charge is 0.304 e. The maximum absolute atomic E-state index is 10.3. The largest absolute Gasteiger partial charge is 0.441 e. The van der Waals surface area contributed by atoms with Crippen molar-refractivity contribution in [3.63, 3.8) is 0 Å². The van der Waals surface area contributed by atoms with Gasteiger partial charge >= 0.3 is 5.97 Å². The molecule has 9 heavy (non-hydrogen) atoms. The van der Waals surface area contributed by atoms with Gasteiger partial charge in [-0.1, -0.05) is 6.58 Å². The summed E-state index contributed by atoms with van der Waals surface area (Å²) in [5, 5.41) is 0. The fraction of sp³-hybridized carbons (Fsp3) is 0.500. The highest BCUT2D eigenvalue weighted by molar-refractivity contribution is 5.66. The Kier molecular flexibility index (Phi) is 2.40. The van der Waals surface area contributed by atoms with E-state index in [1.54, 1.807) is 6.92 Å². The van der Waals surface area contributed by atoms with Crippen molar-refractivity contribution in [2.24, 2.45) is 5.73 Å². The van der Waals surface area contributed by atoms with Crippen LogP contribution in [0.15, 0.2) is 12.7 Å². The van der Waals surface area contributed by atoms with Crippen LogP contribution in [0, 0.1) is 0 Å². The van der Waals surface area contributed by atoms with E-state index in [1.807, 2.05) is 0 Å². The van der Waals surface area contributed by atoms with E-state index in [2.05, 4.69) is 11.3 Å². The molecule has 0 amide bonds. The molecule has 0 aliphatic heterocycles. The van der Waals surface area contributed by atoms with Crippen LogP contribution in [0.2, 0.25) is 0 Å². The summed E-state index contributed by atoms with van der Waals surface area (Å²) >= 11 is 0. The lowest BCUT2D eigenvalue weighted by Gasteiger charge is -2.18. The average Bonchev–Trinajstić information content (AvgIpc) is 1.63. The Morgan fingerprint density at radius 2 is 2.33 bits per heavy atom. The molecule has 3 nitrogen and oxygen atoms in total. The first kappa shape index (κ1) is 8.17. The Balaban J connectivity index is 3.86. The van der Waals surface area contributed by atoms with Gasteiger partial charge in [-0.05, 0) is 13.0 Å². The molecule has 0 radical (unpaired) electrons. The van der Waals surface area contributed by atoms with Crippen molar-refractivity contribution in [3.8, 4) is 0 Å². The Morgan fingerprint density at radius 3 is 2.44 bits per heavy atom. The highest BCUT2D eigenvalue weighted by Gasteiger charge is 2.15. The second-order valence-electron chi connectivity index (χ2n) is 1.98. The zero-order chi connectivity index (χ0) is 7.49. The minimum Gasteiger partial charge on any atom is -0.441 e. The van der Waals surface area contributed by atoms with Gasteiger partial charge < -0.3 is 4.74 Å². The standard InChI is InChI=1S/C6H11NO2/c1-4-6(3,7)9-5(2)8/h4H,1,7H2,2-3H3. The molecule has 1 atom stereocenters. The van der Waals surface area contributed by atoms with E-state index < -0.39 is 11.7 Å². The first-order chi connectivity index (χ1) is 3.98. The van der Waals surface area contributed by atoms with Gasteiger partial charge in [-0.3, -0.25) is 10.5 Å². The van der Waals surface area contributed by atoms with E-state index in [0.717, 1.165) is 0 Å². The molecular weight excluding hydrogens is 118 g/mol. The van der Waals surface area contributed by atoms with Crippen molar-refractivity contribution in [3.05, 3.63) is 12.7 Å². The quantitative estimate of drug-likeness (QED) is 0.334. The predicted molar refractivity (Wildman–Crippen MR) is 34.6 cm³/mol. The third kappa shape index (κ3) is 3.73. The molecular formula is C6H11NO2. The molecule has 1 unspecified atom stereocenters. The monoisotopic (exact) mass is 129 g/mol. The lowest BCUT2D eigenvalue weighted by atomic mass is 10.3. The molecule has 0 heterocycles. The SMILES string of the molecule is C=CC(C)(N)OC(C)=O. The molecule has 0 aliphatic rings. The van der Waals surface area contributed by atoms with E-state index in [9.17, 15) is 4.79 Å². The molecule has 0 saturated carbocycles. The summed E-state index contributed by atoms with van der Waals surface area (Å²) in [5.41, 5.74) is 4.33. The highest BCUT2D eigenvalue weighted by Crippen LogP contribution is 2.01. The van der Waals surface area contributed by atoms with Gasteiger partial charge in [0.1, 0.15) is 0 Å². The summed E-state index contributed by atoms with van der Waals surface area (Å²) in [5.74, 6) is -0.403. The van der Waals surface area contributed by atoms with E-state index >= 15 is 0 Å². The summed E-state index contributed by atoms with van der Waals surface area (Å²) in [6.07, 6.45) is 1.37. The molecule has 0 aromatic carbocycles. The van der Waals surface area contributed by atoms with Crippen LogP contribution in [0.4, 0.5) is 0 Å². The van der Waals surface area contributed by atoms with Gasteiger partial charge in [-0.2, -0.15) is 0 Å². The maximum Gasteiger partial charge on any atom is 0.304 e. The van der Waals surface area contributed by atoms with Crippen LogP contribution in [-0.2, 0) is 9.53 Å². The summed E-state index contributed by atoms with van der Waals surface area (Å²) in [6.45, 7) is 6.24. The normalized spacial score (nSPS) is 15.9. The van der Waals surface area contributed by atoms with Crippen molar-refractivity contribution >= 4 is 5.97 Å². The summed E-state index contributed by atoms with van der Waals surface area (Å²) in [7, 11) is 0. The van der Waals surface area contributed by atoms with Crippen LogP contribution in [0.1, 0.15) is 13.8 Å². The number of carbonyl (C=O) groups excluding carboxylic acids is 1. The first-order valence-electron chi connectivity index (χ1n) is 2.60. The Hall–Kier alpha value is -0.830. The minimum absolute atomic E-state index is 0.403. The van der Waals surface area contributed by atoms with Crippen LogP contribution >= 0.6 is 0 Å². The molecule has 3 heteroatoms. The Morgan fingerprint density at radius 1 is 1.89 bits per heavy atom. The number of nitrogens with two attached hydrogens (primary N) is 1. The molecule has 52 valence electrons. The summed E-state index contributed by atoms with van der Waals surface area (Å²) < 4.78 is 4.61. The second kappa shape index (κ2) is 2.64. The summed E-state index contributed by atoms with van der Waals surface area (Å²) in [4.78, 5) is 10.3.